The van der Waals surface area contributed by atoms with Crippen LogP contribution in [0.4, 0.5) is 4.79 Å². The van der Waals surface area contributed by atoms with Gasteiger partial charge in [0.2, 0.25) is 0 Å². The van der Waals surface area contributed by atoms with Crippen molar-refractivity contribution in [3.63, 3.8) is 0 Å². The van der Waals surface area contributed by atoms with E-state index in [4.69, 9.17) is 4.74 Å². The van der Waals surface area contributed by atoms with Gasteiger partial charge < -0.3 is 4.74 Å². The molecule has 0 saturated carbocycles. The standard InChI is InChI=1S/C8H9N3O2.2ClH/c1-2-13-8(12)11-5-6-3-9-4-7(6)10-11;;/h4-5H,2-3H2,1H3;2*1H. The molecule has 1 aliphatic heterocycles. The van der Waals surface area contributed by atoms with Crippen molar-refractivity contribution in [1.29, 1.82) is 0 Å². The molecule has 0 unspecified atom stereocenters. The molecule has 1 aromatic heterocycles. The molecule has 2 rings (SSSR count). The Labute approximate surface area is 99.3 Å². The van der Waals surface area contributed by atoms with E-state index in [0.29, 0.717) is 13.2 Å². The summed E-state index contributed by atoms with van der Waals surface area (Å²) < 4.78 is 5.99. The molecule has 2 heterocycles. The summed E-state index contributed by atoms with van der Waals surface area (Å²) in [6, 6.07) is 0. The van der Waals surface area contributed by atoms with E-state index in [1.54, 1.807) is 19.3 Å². The van der Waals surface area contributed by atoms with Crippen LogP contribution in [0.15, 0.2) is 11.2 Å². The number of hydrogen-bond donors (Lipinski definition) is 0. The minimum Gasteiger partial charge on any atom is -0.448 e. The van der Waals surface area contributed by atoms with Crippen LogP contribution < -0.4 is 0 Å². The molecule has 0 spiro atoms. The predicted octanol–water partition coefficient (Wildman–Crippen LogP) is 1.66. The van der Waals surface area contributed by atoms with Crippen LogP contribution in [0.3, 0.4) is 0 Å². The number of halogens is 2. The SMILES string of the molecule is CCOC(=O)n1cc2c(n1)C=NC2.Cl.Cl. The highest BCUT2D eigenvalue weighted by molar-refractivity contribution is 5.85. The smallest absolute Gasteiger partial charge is 0.434 e. The molecule has 0 bridgehead atoms. The van der Waals surface area contributed by atoms with Crippen molar-refractivity contribution in [1.82, 2.24) is 9.78 Å². The number of rotatable bonds is 1. The first-order valence-corrected chi connectivity index (χ1v) is 4.06. The molecule has 15 heavy (non-hydrogen) atoms. The van der Waals surface area contributed by atoms with Crippen molar-refractivity contribution >= 4 is 37.1 Å². The molecule has 0 aromatic carbocycles. The number of carbonyl (C=O) groups is 1. The minimum absolute atomic E-state index is 0. The van der Waals surface area contributed by atoms with E-state index in [2.05, 4.69) is 10.1 Å². The quantitative estimate of drug-likeness (QED) is 0.763. The largest absolute Gasteiger partial charge is 0.448 e. The Morgan fingerprint density at radius 2 is 2.33 bits per heavy atom. The van der Waals surface area contributed by atoms with Crippen LogP contribution in [-0.2, 0) is 11.3 Å². The van der Waals surface area contributed by atoms with Gasteiger partial charge >= 0.3 is 6.09 Å². The maximum absolute atomic E-state index is 11.2. The fourth-order valence-corrected chi connectivity index (χ4v) is 1.17. The lowest BCUT2D eigenvalue weighted by molar-refractivity contribution is 0.150. The molecule has 0 amide bonds. The summed E-state index contributed by atoms with van der Waals surface area (Å²) in [6.07, 6.45) is 2.87. The summed E-state index contributed by atoms with van der Waals surface area (Å²) in [7, 11) is 0. The highest BCUT2D eigenvalue weighted by atomic mass is 35.5. The Balaban J connectivity index is 0.000000980. The van der Waals surface area contributed by atoms with Crippen LogP contribution in [0, 0.1) is 0 Å². The third-order valence-electron chi connectivity index (χ3n) is 1.75. The van der Waals surface area contributed by atoms with E-state index in [1.165, 1.54) is 4.68 Å². The van der Waals surface area contributed by atoms with Crippen LogP contribution in [0.2, 0.25) is 0 Å². The van der Waals surface area contributed by atoms with Crippen LogP contribution in [0.25, 0.3) is 0 Å². The summed E-state index contributed by atoms with van der Waals surface area (Å²) in [5, 5.41) is 4.00. The van der Waals surface area contributed by atoms with E-state index in [9.17, 15) is 4.79 Å². The van der Waals surface area contributed by atoms with Gasteiger partial charge in [-0.05, 0) is 6.92 Å². The number of ether oxygens (including phenoxy) is 1. The average Bonchev–Trinajstić information content (AvgIpc) is 2.61. The molecule has 0 saturated heterocycles. The first-order valence-electron chi connectivity index (χ1n) is 4.06. The monoisotopic (exact) mass is 251 g/mol. The molecule has 1 aromatic rings. The van der Waals surface area contributed by atoms with Gasteiger partial charge in [-0.3, -0.25) is 4.99 Å². The number of nitrogens with zero attached hydrogens (tertiary/aromatic N) is 3. The van der Waals surface area contributed by atoms with Gasteiger partial charge in [0.25, 0.3) is 0 Å². The number of aliphatic imine (C=N–C) groups is 1. The molecule has 0 N–H and O–H groups in total. The Kier molecular flexibility index (Phi) is 5.32. The van der Waals surface area contributed by atoms with E-state index in [-0.39, 0.29) is 24.8 Å². The van der Waals surface area contributed by atoms with Crippen molar-refractivity contribution in [2.75, 3.05) is 6.61 Å². The maximum atomic E-state index is 11.2. The number of hydrogen-bond acceptors (Lipinski definition) is 4. The summed E-state index contributed by atoms with van der Waals surface area (Å²) in [5.41, 5.74) is 1.72. The lowest BCUT2D eigenvalue weighted by Crippen LogP contribution is -2.14. The van der Waals surface area contributed by atoms with Crippen molar-refractivity contribution < 1.29 is 9.53 Å². The lowest BCUT2D eigenvalue weighted by atomic mass is 10.3. The predicted molar refractivity (Wildman–Crippen MR) is 60.4 cm³/mol. The fraction of sp³-hybridized carbons (Fsp3) is 0.375. The minimum atomic E-state index is -0.440. The van der Waals surface area contributed by atoms with Gasteiger partial charge in [-0.15, -0.1) is 24.8 Å². The zero-order chi connectivity index (χ0) is 9.26. The number of carbonyl (C=O) groups excluding carboxylic acids is 1. The molecule has 7 heteroatoms. The maximum Gasteiger partial charge on any atom is 0.434 e. The second-order valence-corrected chi connectivity index (χ2v) is 2.65. The molecule has 0 aliphatic carbocycles. The van der Waals surface area contributed by atoms with Gasteiger partial charge in [-0.1, -0.05) is 0 Å². The topological polar surface area (TPSA) is 56.5 Å². The van der Waals surface area contributed by atoms with Crippen molar-refractivity contribution in [3.05, 3.63) is 17.5 Å². The Morgan fingerprint density at radius 3 is 2.93 bits per heavy atom. The Morgan fingerprint density at radius 1 is 1.60 bits per heavy atom. The molecule has 5 nitrogen and oxygen atoms in total. The van der Waals surface area contributed by atoms with Crippen LogP contribution in [0.1, 0.15) is 18.2 Å². The molecular weight excluding hydrogens is 241 g/mol. The normalized spacial score (nSPS) is 11.3. The van der Waals surface area contributed by atoms with Gasteiger partial charge in [0.15, 0.2) is 0 Å². The van der Waals surface area contributed by atoms with Crippen molar-refractivity contribution in [2.45, 2.75) is 13.5 Å². The summed E-state index contributed by atoms with van der Waals surface area (Å²) in [5.74, 6) is 0. The molecular formula is C8H11Cl2N3O2. The number of fused-ring (bicyclic) bond motifs is 1. The van der Waals surface area contributed by atoms with Crippen LogP contribution in [-0.4, -0.2) is 28.7 Å². The van der Waals surface area contributed by atoms with Gasteiger partial charge in [0.05, 0.1) is 13.2 Å². The van der Waals surface area contributed by atoms with E-state index in [0.717, 1.165) is 11.3 Å². The third kappa shape index (κ3) is 2.70. The molecule has 0 radical (unpaired) electrons. The Hall–Kier alpha value is -1.07. The van der Waals surface area contributed by atoms with Crippen molar-refractivity contribution in [2.24, 2.45) is 4.99 Å². The Bertz CT molecular complexity index is 376. The zero-order valence-electron chi connectivity index (χ0n) is 8.04. The van der Waals surface area contributed by atoms with E-state index in [1.807, 2.05) is 0 Å². The molecule has 84 valence electrons. The van der Waals surface area contributed by atoms with Gasteiger partial charge in [-0.25, -0.2) is 4.79 Å². The molecule has 0 fully saturated rings. The van der Waals surface area contributed by atoms with E-state index < -0.39 is 6.09 Å². The second-order valence-electron chi connectivity index (χ2n) is 2.65. The lowest BCUT2D eigenvalue weighted by Gasteiger charge is -1.98. The molecule has 0 atom stereocenters. The summed E-state index contributed by atoms with van der Waals surface area (Å²) in [6.45, 7) is 2.72. The number of aromatic nitrogens is 2. The second kappa shape index (κ2) is 5.72. The van der Waals surface area contributed by atoms with Crippen molar-refractivity contribution in [3.8, 4) is 0 Å². The first-order chi connectivity index (χ1) is 6.31. The molecule has 1 aliphatic rings. The van der Waals surface area contributed by atoms with Crippen LogP contribution in [0.5, 0.6) is 0 Å². The van der Waals surface area contributed by atoms with Gasteiger partial charge in [0, 0.05) is 18.0 Å². The third-order valence-corrected chi connectivity index (χ3v) is 1.75. The summed E-state index contributed by atoms with van der Waals surface area (Å²) >= 11 is 0. The van der Waals surface area contributed by atoms with Gasteiger partial charge in [0.1, 0.15) is 5.69 Å². The van der Waals surface area contributed by atoms with Crippen LogP contribution >= 0.6 is 24.8 Å². The summed E-state index contributed by atoms with van der Waals surface area (Å²) in [4.78, 5) is 15.2. The highest BCUT2D eigenvalue weighted by Crippen LogP contribution is 2.11. The highest BCUT2D eigenvalue weighted by Gasteiger charge is 2.15. The first kappa shape index (κ1) is 13.9. The fourth-order valence-electron chi connectivity index (χ4n) is 1.17. The average molecular weight is 252 g/mol. The zero-order valence-corrected chi connectivity index (χ0v) is 9.68. The van der Waals surface area contributed by atoms with E-state index >= 15 is 0 Å². The van der Waals surface area contributed by atoms with Gasteiger partial charge in [-0.2, -0.15) is 9.78 Å².